The molecule has 1 heterocycles. The normalized spacial score (nSPS) is 11.4. The Morgan fingerprint density at radius 3 is 2.33 bits per heavy atom. The second-order valence-electron chi connectivity index (χ2n) is 4.98. The van der Waals surface area contributed by atoms with Crippen molar-refractivity contribution in [2.24, 2.45) is 0 Å². The van der Waals surface area contributed by atoms with Gasteiger partial charge in [0.2, 0.25) is 0 Å². The molecule has 0 atom stereocenters. The van der Waals surface area contributed by atoms with Crippen molar-refractivity contribution in [3.63, 3.8) is 0 Å². The van der Waals surface area contributed by atoms with Crippen molar-refractivity contribution < 1.29 is 8.42 Å². The van der Waals surface area contributed by atoms with E-state index in [9.17, 15) is 8.42 Å². The zero-order chi connectivity index (χ0) is 15.6. The minimum Gasteiger partial charge on any atom is -0.378 e. The number of hydrogen-bond acceptors (Lipinski definition) is 4. The summed E-state index contributed by atoms with van der Waals surface area (Å²) in [6.07, 6.45) is 1.55. The molecule has 0 unspecified atom stereocenters. The first-order chi connectivity index (χ1) is 9.83. The molecule has 0 saturated heterocycles. The second kappa shape index (κ2) is 5.77. The van der Waals surface area contributed by atoms with Crippen molar-refractivity contribution in [3.8, 4) is 0 Å². The summed E-state index contributed by atoms with van der Waals surface area (Å²) in [5.74, 6) is 0. The minimum absolute atomic E-state index is 0.209. The van der Waals surface area contributed by atoms with Crippen molar-refractivity contribution in [1.29, 1.82) is 0 Å². The van der Waals surface area contributed by atoms with Crippen LogP contribution >= 0.6 is 0 Å². The van der Waals surface area contributed by atoms with E-state index in [1.54, 1.807) is 29.9 Å². The van der Waals surface area contributed by atoms with Crippen LogP contribution in [0, 0.1) is 6.92 Å². The third kappa shape index (κ3) is 3.36. The lowest BCUT2D eigenvalue weighted by atomic mass is 10.3. The van der Waals surface area contributed by atoms with Crippen molar-refractivity contribution in [2.45, 2.75) is 25.3 Å². The average Bonchev–Trinajstić information content (AvgIpc) is 2.81. The summed E-state index contributed by atoms with van der Waals surface area (Å²) in [5.41, 5.74) is 2.03. The Morgan fingerprint density at radius 2 is 1.86 bits per heavy atom. The fraction of sp³-hybridized carbons (Fsp3) is 0.357. The standard InChI is InChI=1S/C14H20N4O2S/c1-5-18-10-14(11(2)15-18)21(19,20)16-12-6-8-13(9-7-12)17(3)4/h6-10,16H,5H2,1-4H3. The maximum atomic E-state index is 12.4. The number of rotatable bonds is 5. The molecule has 0 aliphatic rings. The molecule has 0 fully saturated rings. The topological polar surface area (TPSA) is 67.2 Å². The lowest BCUT2D eigenvalue weighted by Gasteiger charge is -2.13. The van der Waals surface area contributed by atoms with Crippen LogP contribution in [0.5, 0.6) is 0 Å². The molecule has 2 rings (SSSR count). The average molecular weight is 308 g/mol. The summed E-state index contributed by atoms with van der Waals surface area (Å²) < 4.78 is 29.0. The van der Waals surface area contributed by atoms with Crippen LogP contribution in [-0.4, -0.2) is 32.3 Å². The molecule has 21 heavy (non-hydrogen) atoms. The quantitative estimate of drug-likeness (QED) is 0.918. The number of hydrogen-bond donors (Lipinski definition) is 1. The third-order valence-corrected chi connectivity index (χ3v) is 4.64. The number of aromatic nitrogens is 2. The predicted octanol–water partition coefficient (Wildman–Crippen LogP) is 2.08. The maximum absolute atomic E-state index is 12.4. The summed E-state index contributed by atoms with van der Waals surface area (Å²) in [7, 11) is 0.251. The molecule has 0 aliphatic heterocycles. The van der Waals surface area contributed by atoms with Gasteiger partial charge < -0.3 is 4.90 Å². The van der Waals surface area contributed by atoms with Crippen molar-refractivity contribution >= 4 is 21.4 Å². The molecule has 7 heteroatoms. The lowest BCUT2D eigenvalue weighted by Crippen LogP contribution is -2.14. The number of benzene rings is 1. The van der Waals surface area contributed by atoms with E-state index in [4.69, 9.17) is 0 Å². The van der Waals surface area contributed by atoms with Gasteiger partial charge in [0, 0.05) is 38.2 Å². The van der Waals surface area contributed by atoms with Crippen LogP contribution in [-0.2, 0) is 16.6 Å². The molecule has 1 aromatic heterocycles. The minimum atomic E-state index is -3.61. The van der Waals surface area contributed by atoms with Gasteiger partial charge in [0.15, 0.2) is 0 Å². The van der Waals surface area contributed by atoms with E-state index in [1.165, 1.54) is 0 Å². The first-order valence-corrected chi connectivity index (χ1v) is 8.16. The van der Waals surface area contributed by atoms with Crippen molar-refractivity contribution in [3.05, 3.63) is 36.2 Å². The van der Waals surface area contributed by atoms with Crippen molar-refractivity contribution in [2.75, 3.05) is 23.7 Å². The third-order valence-electron chi connectivity index (χ3n) is 3.15. The largest absolute Gasteiger partial charge is 0.378 e. The lowest BCUT2D eigenvalue weighted by molar-refractivity contribution is 0.600. The van der Waals surface area contributed by atoms with Gasteiger partial charge in [-0.05, 0) is 38.1 Å². The van der Waals surface area contributed by atoms with E-state index in [1.807, 2.05) is 38.1 Å². The Balaban J connectivity index is 2.26. The molecule has 0 aliphatic carbocycles. The van der Waals surface area contributed by atoms with Gasteiger partial charge >= 0.3 is 0 Å². The van der Waals surface area contributed by atoms with Gasteiger partial charge in [-0.15, -0.1) is 0 Å². The van der Waals surface area contributed by atoms with Crippen LogP contribution in [0.2, 0.25) is 0 Å². The smallest absolute Gasteiger partial charge is 0.265 e. The van der Waals surface area contributed by atoms with Gasteiger partial charge in [-0.1, -0.05) is 0 Å². The van der Waals surface area contributed by atoms with Crippen LogP contribution in [0.15, 0.2) is 35.4 Å². The van der Waals surface area contributed by atoms with Gasteiger partial charge in [0.25, 0.3) is 10.0 Å². The van der Waals surface area contributed by atoms with Gasteiger partial charge in [-0.2, -0.15) is 5.10 Å². The molecule has 0 spiro atoms. The molecular formula is C14H20N4O2S. The number of sulfonamides is 1. The SMILES string of the molecule is CCn1cc(S(=O)(=O)Nc2ccc(N(C)C)cc2)c(C)n1. The van der Waals surface area contributed by atoms with Crippen LogP contribution in [0.3, 0.4) is 0 Å². The Bertz CT molecular complexity index is 718. The van der Waals surface area contributed by atoms with E-state index < -0.39 is 10.0 Å². The van der Waals surface area contributed by atoms with Crippen LogP contribution in [0.4, 0.5) is 11.4 Å². The molecule has 1 aromatic carbocycles. The molecule has 0 saturated carbocycles. The van der Waals surface area contributed by atoms with E-state index in [0.29, 0.717) is 17.9 Å². The molecule has 0 bridgehead atoms. The zero-order valence-electron chi connectivity index (χ0n) is 12.7. The summed E-state index contributed by atoms with van der Waals surface area (Å²) in [4.78, 5) is 2.16. The van der Waals surface area contributed by atoms with Gasteiger partial charge in [0.1, 0.15) is 4.90 Å². The van der Waals surface area contributed by atoms with Crippen LogP contribution in [0.25, 0.3) is 0 Å². The summed E-state index contributed by atoms with van der Waals surface area (Å²) >= 11 is 0. The summed E-state index contributed by atoms with van der Waals surface area (Å²) in [5, 5.41) is 4.17. The molecule has 2 aromatic rings. The monoisotopic (exact) mass is 308 g/mol. The molecule has 114 valence electrons. The van der Waals surface area contributed by atoms with Crippen LogP contribution in [0.1, 0.15) is 12.6 Å². The van der Waals surface area contributed by atoms with Crippen LogP contribution < -0.4 is 9.62 Å². The molecule has 6 nitrogen and oxygen atoms in total. The highest BCUT2D eigenvalue weighted by atomic mass is 32.2. The maximum Gasteiger partial charge on any atom is 0.265 e. The predicted molar refractivity (Wildman–Crippen MR) is 84.2 cm³/mol. The molecular weight excluding hydrogens is 288 g/mol. The highest BCUT2D eigenvalue weighted by Gasteiger charge is 2.20. The Hall–Kier alpha value is -2.02. The summed E-state index contributed by atoms with van der Waals surface area (Å²) in [6, 6.07) is 7.21. The van der Waals surface area contributed by atoms with Gasteiger partial charge in [-0.25, -0.2) is 8.42 Å². The highest BCUT2D eigenvalue weighted by Crippen LogP contribution is 2.21. The fourth-order valence-electron chi connectivity index (χ4n) is 1.96. The van der Waals surface area contributed by atoms with E-state index in [0.717, 1.165) is 5.69 Å². The molecule has 1 N–H and O–H groups in total. The molecule has 0 radical (unpaired) electrons. The number of nitrogens with zero attached hydrogens (tertiary/aromatic N) is 3. The van der Waals surface area contributed by atoms with E-state index in [2.05, 4.69) is 9.82 Å². The Morgan fingerprint density at radius 1 is 1.24 bits per heavy atom. The van der Waals surface area contributed by atoms with Gasteiger partial charge in [-0.3, -0.25) is 9.40 Å². The van der Waals surface area contributed by atoms with E-state index >= 15 is 0 Å². The molecule has 0 amide bonds. The Labute approximate surface area is 125 Å². The van der Waals surface area contributed by atoms with E-state index in [-0.39, 0.29) is 4.90 Å². The highest BCUT2D eigenvalue weighted by molar-refractivity contribution is 7.92. The Kier molecular flexibility index (Phi) is 4.22. The van der Waals surface area contributed by atoms with Crippen molar-refractivity contribution in [1.82, 2.24) is 9.78 Å². The fourth-order valence-corrected chi connectivity index (χ4v) is 3.21. The summed E-state index contributed by atoms with van der Waals surface area (Å²) in [6.45, 7) is 4.24. The number of aryl methyl sites for hydroxylation is 2. The first-order valence-electron chi connectivity index (χ1n) is 6.67. The first kappa shape index (κ1) is 15.4. The number of nitrogens with one attached hydrogen (secondary N) is 1. The second-order valence-corrected chi connectivity index (χ2v) is 6.63. The van der Waals surface area contributed by atoms with Gasteiger partial charge in [0.05, 0.1) is 5.69 Å². The number of anilines is 2. The zero-order valence-corrected chi connectivity index (χ0v) is 13.5.